The molecule has 1 aromatic heterocycles. The van der Waals surface area contributed by atoms with Gasteiger partial charge in [0.1, 0.15) is 31.6 Å². The van der Waals surface area contributed by atoms with Crippen LogP contribution in [0.15, 0.2) is 22.5 Å². The van der Waals surface area contributed by atoms with Crippen LogP contribution in [-0.2, 0) is 40.6 Å². The standard InChI is InChI=1S/C14H20FNO.C6H10N2O2S2/c1-3-5-10-7-12(15)8-11(6-4-2)13(10)9-14(16)17;1-6(2,9)5-8-3-4(11-5)12(7)10/h7-8H,3-6,9H2,1-2H3,(H2,16,17);3,9H,7H2,1-2H3. The number of benzene rings is 1. The number of aromatic nitrogens is 1. The number of aliphatic hydroxyl groups is 1. The zero-order valence-electron chi connectivity index (χ0n) is 17.3. The van der Waals surface area contributed by atoms with Crippen molar-refractivity contribution in [2.45, 2.75) is 69.6 Å². The molecule has 2 aromatic rings. The Bertz CT molecular complexity index is 821. The minimum absolute atomic E-state index is 0.213. The van der Waals surface area contributed by atoms with Gasteiger partial charge in [0.25, 0.3) is 0 Å². The molecule has 0 spiro atoms. The van der Waals surface area contributed by atoms with Crippen LogP contribution in [0.3, 0.4) is 0 Å². The highest BCUT2D eigenvalue weighted by Gasteiger charge is 2.21. The molecule has 5 N–H and O–H groups in total. The number of primary amides is 1. The Morgan fingerprint density at radius 3 is 2.07 bits per heavy atom. The SMILES string of the molecule is CC(C)(O)c1ncc(S(N)=O)s1.CCCc1cc(F)cc(CCC)c1CC(N)=O. The molecule has 0 bridgehead atoms. The predicted octanol–water partition coefficient (Wildman–Crippen LogP) is 3.11. The Hall–Kier alpha value is -1.68. The van der Waals surface area contributed by atoms with E-state index in [1.165, 1.54) is 18.3 Å². The van der Waals surface area contributed by atoms with Crippen molar-refractivity contribution in [1.82, 2.24) is 4.98 Å². The summed E-state index contributed by atoms with van der Waals surface area (Å²) < 4.78 is 24.7. The predicted molar refractivity (Wildman–Crippen MR) is 115 cm³/mol. The maximum Gasteiger partial charge on any atom is 0.221 e. The molecule has 1 heterocycles. The molecule has 6 nitrogen and oxygen atoms in total. The van der Waals surface area contributed by atoms with Crippen molar-refractivity contribution in [1.29, 1.82) is 0 Å². The summed E-state index contributed by atoms with van der Waals surface area (Å²) in [5.74, 6) is -0.573. The minimum atomic E-state index is -1.50. The maximum absolute atomic E-state index is 13.5. The molecule has 0 saturated heterocycles. The summed E-state index contributed by atoms with van der Waals surface area (Å²) in [7, 11) is -1.50. The van der Waals surface area contributed by atoms with Crippen molar-refractivity contribution >= 4 is 28.2 Å². The van der Waals surface area contributed by atoms with Crippen LogP contribution in [0.1, 0.15) is 62.2 Å². The number of amides is 1. The molecule has 0 saturated carbocycles. The molecule has 0 aliphatic rings. The van der Waals surface area contributed by atoms with Gasteiger partial charge < -0.3 is 10.8 Å². The van der Waals surface area contributed by atoms with Gasteiger partial charge in [0.15, 0.2) is 0 Å². The first-order valence-electron chi connectivity index (χ1n) is 9.42. The molecule has 0 aliphatic carbocycles. The summed E-state index contributed by atoms with van der Waals surface area (Å²) in [5.41, 5.74) is 7.06. The molecule has 2 rings (SSSR count). The van der Waals surface area contributed by atoms with Gasteiger partial charge in [-0.2, -0.15) is 0 Å². The summed E-state index contributed by atoms with van der Waals surface area (Å²) in [6.07, 6.45) is 5.08. The van der Waals surface area contributed by atoms with Gasteiger partial charge in [-0.3, -0.25) is 4.79 Å². The molecule has 162 valence electrons. The van der Waals surface area contributed by atoms with Crippen LogP contribution < -0.4 is 10.9 Å². The molecule has 1 atom stereocenters. The number of hydrogen-bond donors (Lipinski definition) is 3. The molecule has 1 unspecified atom stereocenters. The average Bonchev–Trinajstić information content (AvgIpc) is 3.09. The van der Waals surface area contributed by atoms with Gasteiger partial charge >= 0.3 is 0 Å². The van der Waals surface area contributed by atoms with Crippen LogP contribution in [0.2, 0.25) is 0 Å². The highest BCUT2D eigenvalue weighted by Crippen LogP contribution is 2.25. The van der Waals surface area contributed by atoms with E-state index < -0.39 is 16.6 Å². The second-order valence-corrected chi connectivity index (χ2v) is 9.51. The van der Waals surface area contributed by atoms with Crippen molar-refractivity contribution in [2.24, 2.45) is 10.9 Å². The lowest BCUT2D eigenvalue weighted by Crippen LogP contribution is -2.16. The molecular weight excluding hydrogens is 413 g/mol. The van der Waals surface area contributed by atoms with Gasteiger partial charge in [0, 0.05) is 0 Å². The van der Waals surface area contributed by atoms with Crippen molar-refractivity contribution in [3.05, 3.63) is 45.8 Å². The zero-order chi connectivity index (χ0) is 22.2. The molecule has 0 radical (unpaired) electrons. The summed E-state index contributed by atoms with van der Waals surface area (Å²) >= 11 is 1.16. The van der Waals surface area contributed by atoms with E-state index in [9.17, 15) is 18.5 Å². The topological polar surface area (TPSA) is 119 Å². The zero-order valence-corrected chi connectivity index (χ0v) is 19.0. The molecule has 0 aliphatic heterocycles. The van der Waals surface area contributed by atoms with Crippen LogP contribution in [0.25, 0.3) is 0 Å². The van der Waals surface area contributed by atoms with Crippen molar-refractivity contribution in [3.8, 4) is 0 Å². The summed E-state index contributed by atoms with van der Waals surface area (Å²) in [6.45, 7) is 7.32. The summed E-state index contributed by atoms with van der Waals surface area (Å²) in [5, 5.41) is 15.1. The monoisotopic (exact) mass is 443 g/mol. The number of halogens is 1. The highest BCUT2D eigenvalue weighted by molar-refractivity contribution is 7.85. The quantitative estimate of drug-likeness (QED) is 0.581. The molecule has 29 heavy (non-hydrogen) atoms. The first kappa shape index (κ1) is 25.4. The molecule has 9 heteroatoms. The highest BCUT2D eigenvalue weighted by atomic mass is 32.2. The van der Waals surface area contributed by atoms with Crippen molar-refractivity contribution in [3.63, 3.8) is 0 Å². The second-order valence-electron chi connectivity index (χ2n) is 7.19. The van der Waals surface area contributed by atoms with E-state index in [0.717, 1.165) is 53.7 Å². The third kappa shape index (κ3) is 8.30. The fraction of sp³-hybridized carbons (Fsp3) is 0.500. The van der Waals surface area contributed by atoms with Gasteiger partial charge in [-0.1, -0.05) is 26.7 Å². The normalized spacial score (nSPS) is 12.2. The van der Waals surface area contributed by atoms with Crippen LogP contribution in [0.4, 0.5) is 4.39 Å². The molecule has 0 fully saturated rings. The van der Waals surface area contributed by atoms with E-state index in [1.54, 1.807) is 13.8 Å². The number of rotatable bonds is 8. The number of thiazole rings is 1. The maximum atomic E-state index is 13.5. The Labute approximate surface area is 178 Å². The minimum Gasteiger partial charge on any atom is -0.383 e. The van der Waals surface area contributed by atoms with Gasteiger partial charge in [-0.15, -0.1) is 11.3 Å². The fourth-order valence-electron chi connectivity index (χ4n) is 2.78. The number of carbonyl (C=O) groups is 1. The molecule has 1 amide bonds. The third-order valence-electron chi connectivity index (χ3n) is 4.00. The fourth-order valence-corrected chi connectivity index (χ4v) is 4.15. The van der Waals surface area contributed by atoms with Crippen LogP contribution >= 0.6 is 11.3 Å². The van der Waals surface area contributed by atoms with Gasteiger partial charge in [0.2, 0.25) is 5.91 Å². The Morgan fingerprint density at radius 2 is 1.76 bits per heavy atom. The third-order valence-corrected chi connectivity index (χ3v) is 6.34. The molecular formula is C20H30FN3O3S2. The first-order valence-corrected chi connectivity index (χ1v) is 11.5. The second kappa shape index (κ2) is 11.5. The largest absolute Gasteiger partial charge is 0.383 e. The van der Waals surface area contributed by atoms with Crippen molar-refractivity contribution < 1.29 is 18.5 Å². The Morgan fingerprint density at radius 1 is 1.24 bits per heavy atom. The lowest BCUT2D eigenvalue weighted by atomic mass is 9.93. The van der Waals surface area contributed by atoms with Gasteiger partial charge in [-0.25, -0.2) is 18.7 Å². The van der Waals surface area contributed by atoms with Crippen LogP contribution in [-0.4, -0.2) is 20.2 Å². The van der Waals surface area contributed by atoms with E-state index in [2.05, 4.69) is 4.98 Å². The lowest BCUT2D eigenvalue weighted by Gasteiger charge is -2.13. The van der Waals surface area contributed by atoms with E-state index >= 15 is 0 Å². The summed E-state index contributed by atoms with van der Waals surface area (Å²) in [4.78, 5) is 15.0. The van der Waals surface area contributed by atoms with E-state index in [4.69, 9.17) is 10.9 Å². The number of carbonyl (C=O) groups excluding carboxylic acids is 1. The molecule has 1 aromatic carbocycles. The Kier molecular flexibility index (Phi) is 10.0. The Balaban J connectivity index is 0.000000308. The summed E-state index contributed by atoms with van der Waals surface area (Å²) in [6, 6.07) is 3.06. The first-order chi connectivity index (χ1) is 13.5. The average molecular weight is 444 g/mol. The van der Waals surface area contributed by atoms with E-state index in [-0.39, 0.29) is 18.1 Å². The van der Waals surface area contributed by atoms with Gasteiger partial charge in [0.05, 0.1) is 12.6 Å². The number of nitrogens with zero attached hydrogens (tertiary/aromatic N) is 1. The van der Waals surface area contributed by atoms with E-state index in [1.807, 2.05) is 13.8 Å². The smallest absolute Gasteiger partial charge is 0.221 e. The number of aryl methyl sites for hydroxylation is 2. The van der Waals surface area contributed by atoms with Crippen molar-refractivity contribution in [2.75, 3.05) is 0 Å². The van der Waals surface area contributed by atoms with Crippen LogP contribution in [0.5, 0.6) is 0 Å². The van der Waals surface area contributed by atoms with Gasteiger partial charge in [-0.05, 0) is 55.5 Å². The number of nitrogens with two attached hydrogens (primary N) is 2. The number of hydrogen-bond acceptors (Lipinski definition) is 5. The van der Waals surface area contributed by atoms with E-state index in [0.29, 0.717) is 9.22 Å². The van der Waals surface area contributed by atoms with Crippen LogP contribution in [0, 0.1) is 5.82 Å². The lowest BCUT2D eigenvalue weighted by molar-refractivity contribution is -0.117.